The zero-order valence-corrected chi connectivity index (χ0v) is 11.3. The minimum atomic E-state index is 0.171. The first-order valence-corrected chi connectivity index (χ1v) is 6.24. The van der Waals surface area contributed by atoms with E-state index in [9.17, 15) is 4.79 Å². The maximum absolute atomic E-state index is 11.7. The minimum absolute atomic E-state index is 0.171. The van der Waals surface area contributed by atoms with E-state index < -0.39 is 0 Å². The lowest BCUT2D eigenvalue weighted by Gasteiger charge is -2.07. The van der Waals surface area contributed by atoms with E-state index in [0.717, 1.165) is 12.8 Å². The lowest BCUT2D eigenvalue weighted by Crippen LogP contribution is -2.29. The van der Waals surface area contributed by atoms with Crippen molar-refractivity contribution in [3.63, 3.8) is 0 Å². The highest BCUT2D eigenvalue weighted by molar-refractivity contribution is 5.77. The molecule has 1 saturated carbocycles. The molecule has 3 N–H and O–H groups in total. The second kappa shape index (κ2) is 4.36. The van der Waals surface area contributed by atoms with Crippen LogP contribution in [0.3, 0.4) is 0 Å². The molecule has 16 heavy (non-hydrogen) atoms. The first-order chi connectivity index (χ1) is 7.19. The van der Waals surface area contributed by atoms with Gasteiger partial charge in [-0.25, -0.2) is 0 Å². The summed E-state index contributed by atoms with van der Waals surface area (Å²) in [4.78, 5) is 11.7. The highest BCUT2D eigenvalue weighted by atomic mass is 16.1. The molecule has 0 aromatic heterocycles. The highest BCUT2D eigenvalue weighted by Crippen LogP contribution is 2.62. The van der Waals surface area contributed by atoms with E-state index in [4.69, 9.17) is 5.73 Å². The lowest BCUT2D eigenvalue weighted by atomic mass is 10.0. The van der Waals surface area contributed by atoms with Crippen LogP contribution in [0.25, 0.3) is 0 Å². The van der Waals surface area contributed by atoms with Crippen molar-refractivity contribution >= 4 is 5.91 Å². The summed E-state index contributed by atoms with van der Waals surface area (Å²) >= 11 is 0. The Kier molecular flexibility index (Phi) is 3.68. The van der Waals surface area contributed by atoms with Gasteiger partial charge in [0.05, 0.1) is 0 Å². The van der Waals surface area contributed by atoms with Crippen molar-refractivity contribution in [2.75, 3.05) is 0 Å². The Bertz CT molecular complexity index is 255. The van der Waals surface area contributed by atoms with Crippen LogP contribution in [0, 0.1) is 10.8 Å². The summed E-state index contributed by atoms with van der Waals surface area (Å²) in [5.41, 5.74) is 6.10. The average Bonchev–Trinajstić information content (AvgIpc) is 2.47. The Hall–Kier alpha value is -0.570. The van der Waals surface area contributed by atoms with Gasteiger partial charge in [0.1, 0.15) is 0 Å². The molecule has 0 heterocycles. The third-order valence-electron chi connectivity index (χ3n) is 4.39. The summed E-state index contributed by atoms with van der Waals surface area (Å²) in [6.07, 6.45) is 2.41. The van der Waals surface area contributed by atoms with Gasteiger partial charge in [-0.05, 0) is 30.6 Å². The van der Waals surface area contributed by atoms with Crippen LogP contribution in [0.1, 0.15) is 53.9 Å². The largest absolute Gasteiger partial charge is 0.352 e. The summed E-state index contributed by atoms with van der Waals surface area (Å²) in [6.45, 7) is 10.8. The van der Waals surface area contributed by atoms with Gasteiger partial charge < -0.3 is 11.1 Å². The monoisotopic (exact) mass is 226 g/mol. The predicted molar refractivity (Wildman–Crippen MR) is 67.0 cm³/mol. The molecule has 0 aromatic rings. The zero-order valence-electron chi connectivity index (χ0n) is 11.3. The molecule has 1 amide bonds. The van der Waals surface area contributed by atoms with E-state index in [1.165, 1.54) is 0 Å². The molecule has 0 spiro atoms. The summed E-state index contributed by atoms with van der Waals surface area (Å²) in [5, 5.41) is 3.13. The molecule has 1 aliphatic rings. The van der Waals surface area contributed by atoms with Crippen molar-refractivity contribution in [2.45, 2.75) is 66.0 Å². The Balaban J connectivity index is 2.27. The van der Waals surface area contributed by atoms with Crippen LogP contribution in [0.4, 0.5) is 0 Å². The first kappa shape index (κ1) is 13.5. The Morgan fingerprint density at radius 3 is 2.19 bits per heavy atom. The number of nitrogens with one attached hydrogen (secondary N) is 1. The molecule has 3 heteroatoms. The fraction of sp³-hybridized carbons (Fsp3) is 0.923. The fourth-order valence-corrected chi connectivity index (χ4v) is 2.37. The lowest BCUT2D eigenvalue weighted by molar-refractivity contribution is -0.121. The van der Waals surface area contributed by atoms with Crippen LogP contribution in [-0.4, -0.2) is 18.0 Å². The molecule has 1 rings (SSSR count). The van der Waals surface area contributed by atoms with Gasteiger partial charge in [0.2, 0.25) is 5.91 Å². The maximum atomic E-state index is 11.7. The van der Waals surface area contributed by atoms with Crippen LogP contribution < -0.4 is 11.1 Å². The van der Waals surface area contributed by atoms with Gasteiger partial charge >= 0.3 is 0 Å². The Morgan fingerprint density at radius 1 is 1.31 bits per heavy atom. The molecule has 1 atom stereocenters. The van der Waals surface area contributed by atoms with Crippen molar-refractivity contribution in [3.05, 3.63) is 0 Å². The second-order valence-corrected chi connectivity index (χ2v) is 6.31. The van der Waals surface area contributed by atoms with E-state index in [2.05, 4.69) is 33.0 Å². The molecule has 1 fully saturated rings. The van der Waals surface area contributed by atoms with Gasteiger partial charge in [-0.15, -0.1) is 0 Å². The molecular formula is C13H26N2O. The number of carbonyl (C=O) groups excluding carboxylic acids is 1. The fourth-order valence-electron chi connectivity index (χ4n) is 2.37. The molecule has 0 saturated heterocycles. The molecule has 0 radical (unpaired) electrons. The SMILES string of the molecule is CC(N)CCCC(=O)NC1C(C)(C)C1(C)C. The molecule has 94 valence electrons. The molecule has 3 nitrogen and oxygen atoms in total. The second-order valence-electron chi connectivity index (χ2n) is 6.31. The molecule has 1 aliphatic carbocycles. The van der Waals surface area contributed by atoms with E-state index >= 15 is 0 Å². The van der Waals surface area contributed by atoms with Crippen LogP contribution in [0.5, 0.6) is 0 Å². The van der Waals surface area contributed by atoms with Crippen molar-refractivity contribution in [2.24, 2.45) is 16.6 Å². The topological polar surface area (TPSA) is 55.1 Å². The summed E-state index contributed by atoms with van der Waals surface area (Å²) in [6, 6.07) is 0.518. The Morgan fingerprint density at radius 2 is 1.81 bits per heavy atom. The first-order valence-electron chi connectivity index (χ1n) is 6.24. The van der Waals surface area contributed by atoms with Crippen LogP contribution in [0.15, 0.2) is 0 Å². The minimum Gasteiger partial charge on any atom is -0.352 e. The maximum Gasteiger partial charge on any atom is 0.220 e. The zero-order chi connectivity index (χ0) is 12.6. The standard InChI is InChI=1S/C13H26N2O/c1-9(14)7-6-8-10(16)15-11-12(2,3)13(11,4)5/h9,11H,6-8,14H2,1-5H3,(H,15,16). The third kappa shape index (κ3) is 2.57. The van der Waals surface area contributed by atoms with Crippen LogP contribution in [-0.2, 0) is 4.79 Å². The third-order valence-corrected chi connectivity index (χ3v) is 4.39. The summed E-state index contributed by atoms with van der Waals surface area (Å²) in [5.74, 6) is 0.171. The molecule has 0 aromatic carbocycles. The summed E-state index contributed by atoms with van der Waals surface area (Å²) < 4.78 is 0. The number of rotatable bonds is 5. The molecule has 0 bridgehead atoms. The van der Waals surface area contributed by atoms with Crippen molar-refractivity contribution in [1.29, 1.82) is 0 Å². The van der Waals surface area contributed by atoms with Gasteiger partial charge in [-0.1, -0.05) is 27.7 Å². The van der Waals surface area contributed by atoms with E-state index in [1.807, 2.05) is 6.92 Å². The average molecular weight is 226 g/mol. The number of nitrogens with two attached hydrogens (primary N) is 1. The molecule has 1 unspecified atom stereocenters. The summed E-state index contributed by atoms with van der Waals surface area (Å²) in [7, 11) is 0. The van der Waals surface area contributed by atoms with Crippen molar-refractivity contribution < 1.29 is 4.79 Å². The molecular weight excluding hydrogens is 200 g/mol. The van der Waals surface area contributed by atoms with Crippen LogP contribution in [0.2, 0.25) is 0 Å². The quantitative estimate of drug-likeness (QED) is 0.754. The van der Waals surface area contributed by atoms with E-state index in [1.54, 1.807) is 0 Å². The molecule has 0 aliphatic heterocycles. The predicted octanol–water partition coefficient (Wildman–Crippen LogP) is 2.05. The van der Waals surface area contributed by atoms with Crippen molar-refractivity contribution in [1.82, 2.24) is 5.32 Å². The van der Waals surface area contributed by atoms with Gasteiger partial charge in [-0.2, -0.15) is 0 Å². The normalized spacial score (nSPS) is 23.9. The number of hydrogen-bond donors (Lipinski definition) is 2. The Labute approximate surface area is 99.2 Å². The van der Waals surface area contributed by atoms with Crippen molar-refractivity contribution in [3.8, 4) is 0 Å². The number of amides is 1. The van der Waals surface area contributed by atoms with E-state index in [0.29, 0.717) is 12.5 Å². The number of carbonyl (C=O) groups is 1. The highest BCUT2D eigenvalue weighted by Gasteiger charge is 2.65. The van der Waals surface area contributed by atoms with Gasteiger partial charge in [0, 0.05) is 18.5 Å². The van der Waals surface area contributed by atoms with Gasteiger partial charge in [0.25, 0.3) is 0 Å². The van der Waals surface area contributed by atoms with E-state index in [-0.39, 0.29) is 22.8 Å². The smallest absolute Gasteiger partial charge is 0.220 e. The van der Waals surface area contributed by atoms with Crippen LogP contribution >= 0.6 is 0 Å². The van der Waals surface area contributed by atoms with Gasteiger partial charge in [-0.3, -0.25) is 4.79 Å². The number of hydrogen-bond acceptors (Lipinski definition) is 2. The van der Waals surface area contributed by atoms with Gasteiger partial charge in [0.15, 0.2) is 0 Å².